The number of nitrogens with two attached hydrogens (primary N) is 1. The van der Waals surface area contributed by atoms with Crippen LogP contribution in [0.1, 0.15) is 24.6 Å². The van der Waals surface area contributed by atoms with Gasteiger partial charge >= 0.3 is 0 Å². The molecule has 16 heavy (non-hydrogen) atoms. The van der Waals surface area contributed by atoms with E-state index < -0.39 is 0 Å². The number of thiocarbonyl (C=S) groups is 1. The summed E-state index contributed by atoms with van der Waals surface area (Å²) in [6.07, 6.45) is 1.23. The van der Waals surface area contributed by atoms with Gasteiger partial charge in [0.05, 0.1) is 0 Å². The number of aromatic nitrogens is 1. The SMILES string of the molecule is Cc1cc(C(N)=S)cc(N2CCC(C)C2)n1. The van der Waals surface area contributed by atoms with Crippen LogP contribution in [0.2, 0.25) is 0 Å². The van der Waals surface area contributed by atoms with Gasteiger partial charge in [-0.1, -0.05) is 19.1 Å². The van der Waals surface area contributed by atoms with E-state index in [9.17, 15) is 0 Å². The Morgan fingerprint density at radius 2 is 2.31 bits per heavy atom. The van der Waals surface area contributed by atoms with E-state index >= 15 is 0 Å². The Hall–Kier alpha value is -1.16. The third-order valence-corrected chi connectivity index (χ3v) is 3.21. The van der Waals surface area contributed by atoms with Crippen molar-refractivity contribution in [3.63, 3.8) is 0 Å². The summed E-state index contributed by atoms with van der Waals surface area (Å²) in [5.41, 5.74) is 7.55. The fourth-order valence-electron chi connectivity index (χ4n) is 2.10. The van der Waals surface area contributed by atoms with Gasteiger partial charge in [-0.15, -0.1) is 0 Å². The first-order chi connectivity index (χ1) is 7.56. The van der Waals surface area contributed by atoms with Crippen molar-refractivity contribution >= 4 is 23.0 Å². The van der Waals surface area contributed by atoms with Crippen molar-refractivity contribution in [2.45, 2.75) is 20.3 Å². The maximum absolute atomic E-state index is 5.66. The van der Waals surface area contributed by atoms with Crippen molar-refractivity contribution in [2.75, 3.05) is 18.0 Å². The van der Waals surface area contributed by atoms with E-state index in [1.165, 1.54) is 6.42 Å². The summed E-state index contributed by atoms with van der Waals surface area (Å²) in [4.78, 5) is 7.29. The lowest BCUT2D eigenvalue weighted by atomic mass is 10.2. The summed E-state index contributed by atoms with van der Waals surface area (Å²) in [6, 6.07) is 3.93. The molecule has 1 aliphatic heterocycles. The largest absolute Gasteiger partial charge is 0.389 e. The monoisotopic (exact) mass is 235 g/mol. The van der Waals surface area contributed by atoms with Crippen LogP contribution in [0.25, 0.3) is 0 Å². The van der Waals surface area contributed by atoms with Crippen LogP contribution in [0.5, 0.6) is 0 Å². The molecule has 2 N–H and O–H groups in total. The number of pyridine rings is 1. The average Bonchev–Trinajstić information content (AvgIpc) is 2.64. The molecule has 4 heteroatoms. The first-order valence-electron chi connectivity index (χ1n) is 5.59. The third-order valence-electron chi connectivity index (χ3n) is 2.97. The lowest BCUT2D eigenvalue weighted by Crippen LogP contribution is -2.21. The Bertz CT molecular complexity index is 417. The van der Waals surface area contributed by atoms with E-state index in [1.54, 1.807) is 0 Å². The molecule has 1 saturated heterocycles. The van der Waals surface area contributed by atoms with Crippen LogP contribution in [0.4, 0.5) is 5.82 Å². The van der Waals surface area contributed by atoms with Crippen LogP contribution < -0.4 is 10.6 Å². The molecule has 0 bridgehead atoms. The Labute approximate surface area is 102 Å². The molecular weight excluding hydrogens is 218 g/mol. The molecule has 1 unspecified atom stereocenters. The first kappa shape index (κ1) is 11.3. The van der Waals surface area contributed by atoms with Gasteiger partial charge in [0.15, 0.2) is 0 Å². The van der Waals surface area contributed by atoms with Gasteiger partial charge in [-0.25, -0.2) is 4.98 Å². The predicted molar refractivity (Wildman–Crippen MR) is 70.9 cm³/mol. The number of hydrogen-bond donors (Lipinski definition) is 1. The summed E-state index contributed by atoms with van der Waals surface area (Å²) in [7, 11) is 0. The van der Waals surface area contributed by atoms with Crippen LogP contribution >= 0.6 is 12.2 Å². The molecule has 2 heterocycles. The van der Waals surface area contributed by atoms with Crippen molar-refractivity contribution < 1.29 is 0 Å². The molecule has 86 valence electrons. The quantitative estimate of drug-likeness (QED) is 0.795. The highest BCUT2D eigenvalue weighted by molar-refractivity contribution is 7.80. The molecule has 0 aliphatic carbocycles. The van der Waals surface area contributed by atoms with Crippen molar-refractivity contribution in [1.82, 2.24) is 4.98 Å². The van der Waals surface area contributed by atoms with Gasteiger partial charge in [-0.2, -0.15) is 0 Å². The van der Waals surface area contributed by atoms with E-state index in [1.807, 2.05) is 19.1 Å². The molecule has 1 aromatic rings. The number of nitrogens with zero attached hydrogens (tertiary/aromatic N) is 2. The molecule has 0 saturated carbocycles. The number of rotatable bonds is 2. The highest BCUT2D eigenvalue weighted by atomic mass is 32.1. The fraction of sp³-hybridized carbons (Fsp3) is 0.500. The third kappa shape index (κ3) is 2.32. The molecule has 0 amide bonds. The second kappa shape index (κ2) is 4.37. The van der Waals surface area contributed by atoms with Gasteiger partial charge in [0.1, 0.15) is 10.8 Å². The lowest BCUT2D eigenvalue weighted by Gasteiger charge is -2.18. The predicted octanol–water partition coefficient (Wildman–Crippen LogP) is 1.87. The van der Waals surface area contributed by atoms with Crippen molar-refractivity contribution in [3.05, 3.63) is 23.4 Å². The summed E-state index contributed by atoms with van der Waals surface area (Å²) < 4.78 is 0. The lowest BCUT2D eigenvalue weighted by molar-refractivity contribution is 0.659. The topological polar surface area (TPSA) is 42.1 Å². The van der Waals surface area contributed by atoms with E-state index in [4.69, 9.17) is 18.0 Å². The van der Waals surface area contributed by atoms with Gasteiger partial charge in [0.2, 0.25) is 0 Å². The maximum atomic E-state index is 5.66. The van der Waals surface area contributed by atoms with Crippen LogP contribution in [0, 0.1) is 12.8 Å². The van der Waals surface area contributed by atoms with Gasteiger partial charge in [0, 0.05) is 24.3 Å². The maximum Gasteiger partial charge on any atom is 0.129 e. The van der Waals surface area contributed by atoms with E-state index in [2.05, 4.69) is 16.8 Å². The molecule has 1 aliphatic rings. The zero-order chi connectivity index (χ0) is 11.7. The van der Waals surface area contributed by atoms with E-state index in [-0.39, 0.29) is 0 Å². The molecule has 3 nitrogen and oxygen atoms in total. The molecule has 0 spiro atoms. The molecule has 0 radical (unpaired) electrons. The van der Waals surface area contributed by atoms with Crippen molar-refractivity contribution in [2.24, 2.45) is 11.7 Å². The first-order valence-corrected chi connectivity index (χ1v) is 6.00. The molecular formula is C12H17N3S. The second-order valence-corrected chi connectivity index (χ2v) is 5.00. The van der Waals surface area contributed by atoms with Gasteiger partial charge in [-0.05, 0) is 31.4 Å². The summed E-state index contributed by atoms with van der Waals surface area (Å²) in [6.45, 7) is 6.40. The highest BCUT2D eigenvalue weighted by Gasteiger charge is 2.20. The minimum Gasteiger partial charge on any atom is -0.389 e. The molecule has 1 fully saturated rings. The van der Waals surface area contributed by atoms with E-state index in [0.29, 0.717) is 4.99 Å². The van der Waals surface area contributed by atoms with Gasteiger partial charge in [0.25, 0.3) is 0 Å². The normalized spacial score (nSPS) is 20.1. The zero-order valence-electron chi connectivity index (χ0n) is 9.73. The Morgan fingerprint density at radius 3 is 2.88 bits per heavy atom. The highest BCUT2D eigenvalue weighted by Crippen LogP contribution is 2.23. The Morgan fingerprint density at radius 1 is 1.56 bits per heavy atom. The summed E-state index contributed by atoms with van der Waals surface area (Å²) >= 11 is 5.01. The number of aryl methyl sites for hydroxylation is 1. The summed E-state index contributed by atoms with van der Waals surface area (Å²) in [5, 5.41) is 0. The summed E-state index contributed by atoms with van der Waals surface area (Å²) in [5.74, 6) is 1.75. The van der Waals surface area contributed by atoms with Crippen molar-refractivity contribution in [1.29, 1.82) is 0 Å². The van der Waals surface area contributed by atoms with Crippen LogP contribution in [0.15, 0.2) is 12.1 Å². The fourth-order valence-corrected chi connectivity index (χ4v) is 2.22. The standard InChI is InChI=1S/C12H17N3S/c1-8-3-4-15(7-8)11-6-10(12(13)16)5-9(2)14-11/h5-6,8H,3-4,7H2,1-2H3,(H2,13,16). The number of anilines is 1. The smallest absolute Gasteiger partial charge is 0.129 e. The van der Waals surface area contributed by atoms with Crippen LogP contribution in [-0.4, -0.2) is 23.1 Å². The van der Waals surface area contributed by atoms with Crippen molar-refractivity contribution in [3.8, 4) is 0 Å². The Kier molecular flexibility index (Phi) is 3.10. The van der Waals surface area contributed by atoms with Gasteiger partial charge < -0.3 is 10.6 Å². The molecule has 0 aromatic carbocycles. The van der Waals surface area contributed by atoms with Gasteiger partial charge in [-0.3, -0.25) is 0 Å². The molecule has 1 atom stereocenters. The molecule has 2 rings (SSSR count). The average molecular weight is 235 g/mol. The van der Waals surface area contributed by atoms with E-state index in [0.717, 1.165) is 36.1 Å². The van der Waals surface area contributed by atoms with Crippen LogP contribution in [0.3, 0.4) is 0 Å². The zero-order valence-corrected chi connectivity index (χ0v) is 10.5. The minimum absolute atomic E-state index is 0.444. The second-order valence-electron chi connectivity index (χ2n) is 4.56. The minimum atomic E-state index is 0.444. The molecule has 1 aromatic heterocycles. The Balaban J connectivity index is 2.30. The number of hydrogen-bond acceptors (Lipinski definition) is 3. The van der Waals surface area contributed by atoms with Crippen LogP contribution in [-0.2, 0) is 0 Å².